The van der Waals surface area contributed by atoms with Crippen LogP contribution in [0.3, 0.4) is 0 Å². The summed E-state index contributed by atoms with van der Waals surface area (Å²) in [6.07, 6.45) is 6.04. The molecule has 144 valence electrons. The van der Waals surface area contributed by atoms with Gasteiger partial charge < -0.3 is 9.84 Å². The summed E-state index contributed by atoms with van der Waals surface area (Å²) >= 11 is 5.96. The molecule has 2 aromatic carbocycles. The van der Waals surface area contributed by atoms with Crippen molar-refractivity contribution in [3.8, 4) is 11.5 Å². The van der Waals surface area contributed by atoms with Crippen molar-refractivity contribution in [3.05, 3.63) is 58.1 Å². The van der Waals surface area contributed by atoms with Crippen LogP contribution in [-0.4, -0.2) is 5.11 Å². The molecule has 1 fully saturated rings. The molecule has 0 heterocycles. The van der Waals surface area contributed by atoms with E-state index >= 15 is 0 Å². The van der Waals surface area contributed by atoms with Crippen molar-refractivity contribution in [2.75, 3.05) is 0 Å². The number of phenolic OH excluding ortho intramolecular Hbond substituents is 1. The van der Waals surface area contributed by atoms with Crippen LogP contribution in [0.1, 0.15) is 63.1 Å². The van der Waals surface area contributed by atoms with E-state index < -0.39 is 0 Å². The number of hydrogen-bond donors (Lipinski definition) is 1. The fourth-order valence-electron chi connectivity index (χ4n) is 5.66. The minimum atomic E-state index is 0.168. The molecule has 27 heavy (non-hydrogen) atoms. The van der Waals surface area contributed by atoms with Crippen LogP contribution in [0.4, 0.5) is 0 Å². The molecule has 0 radical (unpaired) electrons. The first-order valence-corrected chi connectivity index (χ1v) is 10.4. The van der Waals surface area contributed by atoms with E-state index in [4.69, 9.17) is 16.3 Å². The van der Waals surface area contributed by atoms with Gasteiger partial charge in [-0.2, -0.15) is 0 Å². The molecule has 1 saturated carbocycles. The van der Waals surface area contributed by atoms with E-state index in [1.807, 2.05) is 30.3 Å². The van der Waals surface area contributed by atoms with Crippen molar-refractivity contribution in [1.82, 2.24) is 0 Å². The summed E-state index contributed by atoms with van der Waals surface area (Å²) < 4.78 is 6.01. The molecule has 2 atom stereocenters. The zero-order valence-electron chi connectivity index (χ0n) is 16.5. The highest BCUT2D eigenvalue weighted by Gasteiger charge is 2.49. The van der Waals surface area contributed by atoms with E-state index in [1.54, 1.807) is 0 Å². The Kier molecular flexibility index (Phi) is 4.66. The summed E-state index contributed by atoms with van der Waals surface area (Å²) in [6.45, 7) is 7.71. The van der Waals surface area contributed by atoms with Crippen molar-refractivity contribution in [3.63, 3.8) is 0 Å². The second-order valence-corrected chi connectivity index (χ2v) is 9.68. The molecule has 0 spiro atoms. The molecule has 0 aromatic heterocycles. The van der Waals surface area contributed by atoms with Crippen LogP contribution in [-0.2, 0) is 18.4 Å². The lowest BCUT2D eigenvalue weighted by Gasteiger charge is -2.54. The molecule has 0 amide bonds. The minimum absolute atomic E-state index is 0.168. The van der Waals surface area contributed by atoms with Gasteiger partial charge in [0.2, 0.25) is 0 Å². The van der Waals surface area contributed by atoms with E-state index in [1.165, 1.54) is 36.8 Å². The first kappa shape index (κ1) is 18.7. The van der Waals surface area contributed by atoms with Gasteiger partial charge in [-0.3, -0.25) is 0 Å². The summed E-state index contributed by atoms with van der Waals surface area (Å²) in [7, 11) is 0. The predicted octanol–water partition coefficient (Wildman–Crippen LogP) is 6.65. The molecule has 2 aliphatic carbocycles. The highest BCUT2D eigenvalue weighted by atomic mass is 35.5. The van der Waals surface area contributed by atoms with E-state index in [9.17, 15) is 5.11 Å². The smallest absolute Gasteiger partial charge is 0.161 e. The molecule has 1 N–H and O–H groups in total. The van der Waals surface area contributed by atoms with E-state index in [-0.39, 0.29) is 11.2 Å². The third kappa shape index (κ3) is 3.33. The number of benzene rings is 2. The Morgan fingerprint density at radius 2 is 1.85 bits per heavy atom. The van der Waals surface area contributed by atoms with Crippen LogP contribution < -0.4 is 4.74 Å². The first-order valence-electron chi connectivity index (χ1n) is 10.0. The molecule has 2 aromatic rings. The Labute approximate surface area is 167 Å². The van der Waals surface area contributed by atoms with Gasteiger partial charge in [-0.25, -0.2) is 0 Å². The van der Waals surface area contributed by atoms with Gasteiger partial charge in [-0.15, -0.1) is 0 Å². The maximum atomic E-state index is 10.5. The SMILES string of the molecule is CC1(C)CCC[C@]2(C)c3cc(OCc4ccc(Cl)cc4)c(O)cc3CC[C@@H]12. The third-order valence-corrected chi connectivity index (χ3v) is 7.29. The highest BCUT2D eigenvalue weighted by Crippen LogP contribution is 2.58. The van der Waals surface area contributed by atoms with Gasteiger partial charge in [0.05, 0.1) is 0 Å². The Morgan fingerprint density at radius 3 is 2.59 bits per heavy atom. The minimum Gasteiger partial charge on any atom is -0.504 e. The Morgan fingerprint density at radius 1 is 1.11 bits per heavy atom. The first-order chi connectivity index (χ1) is 12.8. The molecule has 0 bridgehead atoms. The number of aromatic hydroxyl groups is 1. The number of fused-ring (bicyclic) bond motifs is 3. The van der Waals surface area contributed by atoms with E-state index in [0.717, 1.165) is 12.0 Å². The predicted molar refractivity (Wildman–Crippen MR) is 111 cm³/mol. The van der Waals surface area contributed by atoms with Gasteiger partial charge in [-0.05, 0) is 83.4 Å². The number of hydrogen-bond acceptors (Lipinski definition) is 2. The Bertz CT molecular complexity index is 840. The number of ether oxygens (including phenoxy) is 1. The third-order valence-electron chi connectivity index (χ3n) is 7.04. The molecule has 2 aliphatic rings. The summed E-state index contributed by atoms with van der Waals surface area (Å²) in [5.74, 6) is 1.52. The van der Waals surface area contributed by atoms with Crippen LogP contribution in [0.25, 0.3) is 0 Å². The zero-order valence-corrected chi connectivity index (χ0v) is 17.3. The van der Waals surface area contributed by atoms with Crippen LogP contribution in [0.15, 0.2) is 36.4 Å². The summed E-state index contributed by atoms with van der Waals surface area (Å²) in [5, 5.41) is 11.2. The summed E-state index contributed by atoms with van der Waals surface area (Å²) in [6, 6.07) is 11.7. The highest BCUT2D eigenvalue weighted by molar-refractivity contribution is 6.30. The molecule has 2 nitrogen and oxygen atoms in total. The van der Waals surface area contributed by atoms with Crippen LogP contribution >= 0.6 is 11.6 Å². The largest absolute Gasteiger partial charge is 0.504 e. The molecule has 4 rings (SSSR count). The molecular formula is C24H29ClO2. The van der Waals surface area contributed by atoms with Gasteiger partial charge >= 0.3 is 0 Å². The van der Waals surface area contributed by atoms with Crippen molar-refractivity contribution < 1.29 is 9.84 Å². The number of phenols is 1. The molecule has 0 saturated heterocycles. The lowest BCUT2D eigenvalue weighted by molar-refractivity contribution is 0.0404. The van der Waals surface area contributed by atoms with Crippen molar-refractivity contribution in [2.24, 2.45) is 11.3 Å². The van der Waals surface area contributed by atoms with E-state index in [0.29, 0.717) is 28.7 Å². The van der Waals surface area contributed by atoms with Gasteiger partial charge in [0.1, 0.15) is 6.61 Å². The second kappa shape index (κ2) is 6.74. The number of rotatable bonds is 3. The second-order valence-electron chi connectivity index (χ2n) is 9.24. The normalized spacial score (nSPS) is 26.1. The average Bonchev–Trinajstić information content (AvgIpc) is 2.61. The maximum absolute atomic E-state index is 10.5. The standard InChI is InChI=1S/C24H29ClO2/c1-23(2)11-4-12-24(3)19-14-21(20(26)13-17(19)7-10-22(23)24)27-15-16-5-8-18(25)9-6-16/h5-6,8-9,13-14,22,26H,4,7,10-12,15H2,1-3H3/t22-,24+/m0/s1. The number of halogens is 1. The molecule has 0 aliphatic heterocycles. The topological polar surface area (TPSA) is 29.5 Å². The van der Waals surface area contributed by atoms with Crippen molar-refractivity contribution in [1.29, 1.82) is 0 Å². The fourth-order valence-corrected chi connectivity index (χ4v) is 5.79. The lowest BCUT2D eigenvalue weighted by atomic mass is 9.50. The monoisotopic (exact) mass is 384 g/mol. The van der Waals surface area contributed by atoms with Crippen LogP contribution in [0.2, 0.25) is 5.02 Å². The Hall–Kier alpha value is -1.67. The van der Waals surface area contributed by atoms with Crippen molar-refractivity contribution >= 4 is 11.6 Å². The number of aryl methyl sites for hydroxylation is 1. The molecular weight excluding hydrogens is 356 g/mol. The lowest BCUT2D eigenvalue weighted by Crippen LogP contribution is -2.47. The molecule has 0 unspecified atom stereocenters. The van der Waals surface area contributed by atoms with Crippen LogP contribution in [0, 0.1) is 11.3 Å². The van der Waals surface area contributed by atoms with Gasteiger partial charge in [0.25, 0.3) is 0 Å². The van der Waals surface area contributed by atoms with Crippen LogP contribution in [0.5, 0.6) is 11.5 Å². The summed E-state index contributed by atoms with van der Waals surface area (Å²) in [4.78, 5) is 0. The van der Waals surface area contributed by atoms with Gasteiger partial charge in [0, 0.05) is 5.02 Å². The quantitative estimate of drug-likeness (QED) is 0.641. The van der Waals surface area contributed by atoms with Crippen molar-refractivity contribution in [2.45, 2.75) is 64.9 Å². The van der Waals surface area contributed by atoms with Gasteiger partial charge in [-0.1, -0.05) is 50.9 Å². The fraction of sp³-hybridized carbons (Fsp3) is 0.500. The average molecular weight is 385 g/mol. The molecule has 3 heteroatoms. The zero-order chi connectivity index (χ0) is 19.2. The maximum Gasteiger partial charge on any atom is 0.161 e. The van der Waals surface area contributed by atoms with Gasteiger partial charge in [0.15, 0.2) is 11.5 Å². The van der Waals surface area contributed by atoms with E-state index in [2.05, 4.69) is 26.8 Å². The summed E-state index contributed by atoms with van der Waals surface area (Å²) in [5.41, 5.74) is 4.26. The Balaban J connectivity index is 1.65.